The van der Waals surface area contributed by atoms with Crippen molar-refractivity contribution < 1.29 is 80.2 Å². The molecule has 0 radical (unpaired) electrons. The topological polar surface area (TPSA) is 237 Å². The molecule has 0 rings (SSSR count). The summed E-state index contributed by atoms with van der Waals surface area (Å²) in [6.45, 7) is 4.57. The lowest BCUT2D eigenvalue weighted by Gasteiger charge is -2.21. The molecular weight excluding hydrogens is 1330 g/mol. The highest BCUT2D eigenvalue weighted by Gasteiger charge is 2.30. The molecule has 0 saturated carbocycles. The van der Waals surface area contributed by atoms with E-state index in [0.29, 0.717) is 25.7 Å². The molecule has 0 heterocycles. The quantitative estimate of drug-likeness (QED) is 0.0169. The van der Waals surface area contributed by atoms with Crippen molar-refractivity contribution in [2.24, 2.45) is 0 Å². The Bertz CT molecular complexity index is 2360. The van der Waals surface area contributed by atoms with Crippen molar-refractivity contribution in [1.29, 1.82) is 0 Å². The molecular formula is C83H144O17P2. The van der Waals surface area contributed by atoms with E-state index in [2.05, 4.69) is 113 Å². The van der Waals surface area contributed by atoms with Gasteiger partial charge >= 0.3 is 39.5 Å². The van der Waals surface area contributed by atoms with Gasteiger partial charge < -0.3 is 33.8 Å². The summed E-state index contributed by atoms with van der Waals surface area (Å²) in [7, 11) is -9.98. The van der Waals surface area contributed by atoms with Crippen molar-refractivity contribution in [3.8, 4) is 0 Å². The van der Waals surface area contributed by atoms with Crippen LogP contribution in [0.3, 0.4) is 0 Å². The fraction of sp³-hybridized carbons (Fsp3) is 0.735. The van der Waals surface area contributed by atoms with E-state index in [4.69, 9.17) is 37.0 Å². The summed E-state index contributed by atoms with van der Waals surface area (Å²) < 4.78 is 68.5. The van der Waals surface area contributed by atoms with Crippen molar-refractivity contribution in [2.45, 2.75) is 354 Å². The van der Waals surface area contributed by atoms with Gasteiger partial charge in [0.05, 0.1) is 32.8 Å². The zero-order chi connectivity index (χ0) is 74.6. The molecule has 102 heavy (non-hydrogen) atoms. The number of phosphoric acid groups is 2. The SMILES string of the molecule is CC/C=C\C/C=C\C/C=C\C/C=C\C/C=C\CC(=O)OCC(COP(=O)(O)OCC(O)COP(=O)(O)OCC(COC(=O)CCCCCCCC/C=C\C/C=C\C/C=C\C/C=C\CC)OC(=O)CCCCCCCCCCCCCCC)OC(=O)CCCCCCCCCCCCCCCCC. The first-order valence-corrected chi connectivity index (χ1v) is 43.1. The number of esters is 4. The third-order valence-electron chi connectivity index (χ3n) is 16.8. The van der Waals surface area contributed by atoms with Gasteiger partial charge in [-0.05, 0) is 89.9 Å². The van der Waals surface area contributed by atoms with Crippen LogP contribution in [0.1, 0.15) is 336 Å². The summed E-state index contributed by atoms with van der Waals surface area (Å²) in [6, 6.07) is 0. The van der Waals surface area contributed by atoms with Crippen LogP contribution >= 0.6 is 15.6 Å². The molecule has 0 aromatic rings. The second-order valence-corrected chi connectivity index (χ2v) is 29.5. The highest BCUT2D eigenvalue weighted by molar-refractivity contribution is 7.47. The van der Waals surface area contributed by atoms with Crippen LogP contribution in [0.25, 0.3) is 0 Å². The molecule has 0 aromatic carbocycles. The molecule has 5 unspecified atom stereocenters. The van der Waals surface area contributed by atoms with Gasteiger partial charge in [-0.15, -0.1) is 0 Å². The fourth-order valence-corrected chi connectivity index (χ4v) is 12.3. The minimum atomic E-state index is -4.99. The Morgan fingerprint density at radius 2 is 0.549 bits per heavy atom. The number of aliphatic hydroxyl groups is 1. The number of carbonyl (C=O) groups excluding carboxylic acids is 4. The Balaban J connectivity index is 5.39. The number of unbranched alkanes of at least 4 members (excludes halogenated alkanes) is 32. The largest absolute Gasteiger partial charge is 0.472 e. The van der Waals surface area contributed by atoms with Crippen LogP contribution in [0.2, 0.25) is 0 Å². The molecule has 0 aromatic heterocycles. The predicted molar refractivity (Wildman–Crippen MR) is 418 cm³/mol. The maximum Gasteiger partial charge on any atom is 0.472 e. The third-order valence-corrected chi connectivity index (χ3v) is 18.7. The van der Waals surface area contributed by atoms with Crippen molar-refractivity contribution in [2.75, 3.05) is 39.6 Å². The number of hydrogen-bond donors (Lipinski definition) is 3. The number of hydrogen-bond acceptors (Lipinski definition) is 15. The van der Waals surface area contributed by atoms with E-state index in [1.165, 1.54) is 116 Å². The third kappa shape index (κ3) is 74.0. The van der Waals surface area contributed by atoms with Gasteiger partial charge in [0.15, 0.2) is 12.2 Å². The standard InChI is InChI=1S/C83H144O17P2/c1-5-9-13-17-21-25-29-33-36-37-38-39-42-45-48-52-56-60-64-68-81(86)94-73-78(99-82(87)69-65-61-57-53-49-43-32-28-24-20-16-12-8-4)75-97-101(89,90)95-71-77(84)72-96-102(91,92)98-76-79(100-83(88)70-66-62-58-54-50-46-41-35-31-27-23-19-15-11-7-3)74-93-80(85)67-63-59-55-51-47-44-40-34-30-26-22-18-14-10-6-2/h9-10,13-14,21-22,25-26,33-34,36,38-40,47,51,59,63,77-79,84H,5-8,11-12,15-20,23-24,27-32,35,37,41-46,48-50,52-58,60-62,64-76H2,1-4H3,(H,89,90)(H,91,92)/b13-9-,14-10-,25-21-,26-22-,36-33-,39-38-,40-34-,51-47-,63-59-. The molecule has 0 spiro atoms. The van der Waals surface area contributed by atoms with Crippen LogP contribution in [0, 0.1) is 0 Å². The molecule has 19 heteroatoms. The Morgan fingerprint density at radius 3 is 0.873 bits per heavy atom. The molecule has 0 aliphatic carbocycles. The second kappa shape index (κ2) is 75.0. The van der Waals surface area contributed by atoms with E-state index in [0.717, 1.165) is 141 Å². The molecule has 17 nitrogen and oxygen atoms in total. The molecule has 0 aliphatic rings. The van der Waals surface area contributed by atoms with E-state index in [1.807, 2.05) is 18.2 Å². The van der Waals surface area contributed by atoms with Gasteiger partial charge in [0, 0.05) is 19.3 Å². The van der Waals surface area contributed by atoms with Gasteiger partial charge in [0.1, 0.15) is 19.3 Å². The summed E-state index contributed by atoms with van der Waals surface area (Å²) in [6.07, 6.45) is 80.9. The van der Waals surface area contributed by atoms with Crippen LogP contribution < -0.4 is 0 Å². The van der Waals surface area contributed by atoms with Crippen LogP contribution in [-0.2, 0) is 65.4 Å². The van der Waals surface area contributed by atoms with Crippen molar-refractivity contribution >= 4 is 39.5 Å². The van der Waals surface area contributed by atoms with Crippen molar-refractivity contribution in [3.63, 3.8) is 0 Å². The first-order chi connectivity index (χ1) is 49.7. The lowest BCUT2D eigenvalue weighted by molar-refractivity contribution is -0.161. The summed E-state index contributed by atoms with van der Waals surface area (Å²) >= 11 is 0. The zero-order valence-corrected chi connectivity index (χ0v) is 66.0. The summed E-state index contributed by atoms with van der Waals surface area (Å²) in [5.74, 6) is -2.32. The van der Waals surface area contributed by atoms with Gasteiger partial charge in [0.25, 0.3) is 0 Å². The molecule has 0 amide bonds. The average Bonchev–Trinajstić information content (AvgIpc) is 0.919. The summed E-state index contributed by atoms with van der Waals surface area (Å²) in [5.41, 5.74) is 0. The molecule has 0 saturated heterocycles. The van der Waals surface area contributed by atoms with Gasteiger partial charge in [0.2, 0.25) is 0 Å². The van der Waals surface area contributed by atoms with Gasteiger partial charge in [-0.3, -0.25) is 37.3 Å². The number of allylic oxidation sites excluding steroid dienone is 17. The van der Waals surface area contributed by atoms with Crippen molar-refractivity contribution in [1.82, 2.24) is 0 Å². The summed E-state index contributed by atoms with van der Waals surface area (Å²) in [4.78, 5) is 72.9. The van der Waals surface area contributed by atoms with E-state index in [9.17, 15) is 43.2 Å². The average molecular weight is 1480 g/mol. The molecule has 588 valence electrons. The minimum Gasteiger partial charge on any atom is -0.462 e. The first-order valence-electron chi connectivity index (χ1n) is 40.1. The van der Waals surface area contributed by atoms with Crippen molar-refractivity contribution in [3.05, 3.63) is 109 Å². The van der Waals surface area contributed by atoms with E-state index >= 15 is 0 Å². The monoisotopic (exact) mass is 1470 g/mol. The maximum atomic E-state index is 13.1. The highest BCUT2D eigenvalue weighted by atomic mass is 31.2. The van der Waals surface area contributed by atoms with Gasteiger partial charge in [-0.2, -0.15) is 0 Å². The lowest BCUT2D eigenvalue weighted by atomic mass is 10.0. The minimum absolute atomic E-state index is 0.0688. The van der Waals surface area contributed by atoms with E-state index in [-0.39, 0.29) is 25.7 Å². The Hall–Kier alpha value is -4.28. The molecule has 0 bridgehead atoms. The number of carbonyl (C=O) groups is 4. The number of aliphatic hydroxyl groups excluding tert-OH is 1. The fourth-order valence-electron chi connectivity index (χ4n) is 10.8. The van der Waals surface area contributed by atoms with Crippen LogP contribution in [-0.4, -0.2) is 96.7 Å². The normalized spacial score (nSPS) is 14.5. The smallest absolute Gasteiger partial charge is 0.462 e. The number of ether oxygens (including phenoxy) is 4. The Kier molecular flexibility index (Phi) is 71.8. The molecule has 3 N–H and O–H groups in total. The molecule has 5 atom stereocenters. The van der Waals surface area contributed by atoms with Gasteiger partial charge in [-0.25, -0.2) is 9.13 Å². The highest BCUT2D eigenvalue weighted by Crippen LogP contribution is 2.45. The number of rotatable bonds is 75. The second-order valence-electron chi connectivity index (χ2n) is 26.6. The lowest BCUT2D eigenvalue weighted by Crippen LogP contribution is -2.30. The predicted octanol–water partition coefficient (Wildman–Crippen LogP) is 23.3. The van der Waals surface area contributed by atoms with Crippen LogP contribution in [0.4, 0.5) is 0 Å². The van der Waals surface area contributed by atoms with Crippen LogP contribution in [0.5, 0.6) is 0 Å². The van der Waals surface area contributed by atoms with Gasteiger partial charge in [-0.1, -0.05) is 330 Å². The first kappa shape index (κ1) is 97.7. The van der Waals surface area contributed by atoms with Crippen LogP contribution in [0.15, 0.2) is 109 Å². The van der Waals surface area contributed by atoms with E-state index in [1.54, 1.807) is 6.08 Å². The van der Waals surface area contributed by atoms with E-state index < -0.39 is 97.5 Å². The zero-order valence-electron chi connectivity index (χ0n) is 64.3. The molecule has 0 aliphatic heterocycles. The Morgan fingerprint density at radius 1 is 0.294 bits per heavy atom. The Labute approximate surface area is 619 Å². The number of phosphoric ester groups is 2. The maximum absolute atomic E-state index is 13.1. The summed E-state index contributed by atoms with van der Waals surface area (Å²) in [5, 5.41) is 10.6. The molecule has 0 fully saturated rings.